The molecule has 7 nitrogen and oxygen atoms in total. The van der Waals surface area contributed by atoms with Gasteiger partial charge < -0.3 is 10.1 Å². The molecule has 3 heterocycles. The Morgan fingerprint density at radius 1 is 1.35 bits per heavy atom. The number of hydrogen-bond donors (Lipinski definition) is 1. The number of aryl methyl sites for hydroxylation is 1. The molecule has 1 aliphatic rings. The second kappa shape index (κ2) is 6.59. The van der Waals surface area contributed by atoms with Crippen LogP contribution in [0.5, 0.6) is 0 Å². The summed E-state index contributed by atoms with van der Waals surface area (Å²) in [6.07, 6.45) is 5.46. The second-order valence-electron chi connectivity index (χ2n) is 6.40. The number of fused-ring (bicyclic) bond motifs is 1. The number of ether oxygens (including phenoxy) is 1. The van der Waals surface area contributed by atoms with E-state index in [1.54, 1.807) is 24.4 Å². The van der Waals surface area contributed by atoms with Crippen molar-refractivity contribution in [1.82, 2.24) is 14.4 Å². The number of pyridine rings is 2. The van der Waals surface area contributed by atoms with Gasteiger partial charge in [0, 0.05) is 24.5 Å². The van der Waals surface area contributed by atoms with Gasteiger partial charge in [0.1, 0.15) is 18.1 Å². The minimum Gasteiger partial charge on any atom is -0.456 e. The van der Waals surface area contributed by atoms with E-state index in [4.69, 9.17) is 4.74 Å². The Morgan fingerprint density at radius 2 is 2.19 bits per heavy atom. The normalized spacial score (nSPS) is 13.6. The second-order valence-corrected chi connectivity index (χ2v) is 6.40. The first-order valence-corrected chi connectivity index (χ1v) is 8.48. The van der Waals surface area contributed by atoms with Crippen molar-refractivity contribution in [3.8, 4) is 0 Å². The first kappa shape index (κ1) is 16.3. The van der Waals surface area contributed by atoms with E-state index < -0.39 is 5.97 Å². The molecule has 1 fully saturated rings. The van der Waals surface area contributed by atoms with Gasteiger partial charge in [-0.15, -0.1) is 0 Å². The Balaban J connectivity index is 1.46. The maximum atomic E-state index is 12.2. The molecule has 0 radical (unpaired) electrons. The Labute approximate surface area is 149 Å². The van der Waals surface area contributed by atoms with Crippen LogP contribution < -0.4 is 10.9 Å². The lowest BCUT2D eigenvalue weighted by Crippen LogP contribution is -2.17. The zero-order valence-electron chi connectivity index (χ0n) is 14.3. The van der Waals surface area contributed by atoms with Gasteiger partial charge in [-0.2, -0.15) is 0 Å². The quantitative estimate of drug-likeness (QED) is 0.711. The standard InChI is InChI=1S/C19H18N4O3/c1-12-3-2-8-23-17(24)9-15(22-18(12)23)11-26-19(25)13-4-7-16(20-10-13)21-14-5-6-14/h2-4,7-10,14H,5-6,11H2,1H3,(H,20,21). The topological polar surface area (TPSA) is 85.6 Å². The van der Waals surface area contributed by atoms with Crippen molar-refractivity contribution < 1.29 is 9.53 Å². The summed E-state index contributed by atoms with van der Waals surface area (Å²) in [4.78, 5) is 33.0. The van der Waals surface area contributed by atoms with Gasteiger partial charge in [0.15, 0.2) is 0 Å². The first-order valence-electron chi connectivity index (χ1n) is 8.48. The van der Waals surface area contributed by atoms with Crippen molar-refractivity contribution in [1.29, 1.82) is 0 Å². The van der Waals surface area contributed by atoms with Crippen LogP contribution in [0.15, 0.2) is 47.5 Å². The number of nitrogens with one attached hydrogen (secondary N) is 1. The van der Waals surface area contributed by atoms with Crippen LogP contribution in [0.4, 0.5) is 5.82 Å². The fourth-order valence-corrected chi connectivity index (χ4v) is 2.64. The van der Waals surface area contributed by atoms with E-state index in [1.165, 1.54) is 16.7 Å². The third kappa shape index (κ3) is 3.42. The molecule has 0 saturated heterocycles. The average molecular weight is 350 g/mol. The van der Waals surface area contributed by atoms with E-state index in [0.717, 1.165) is 24.2 Å². The lowest BCUT2D eigenvalue weighted by atomic mass is 10.3. The van der Waals surface area contributed by atoms with E-state index in [-0.39, 0.29) is 12.2 Å². The molecule has 132 valence electrons. The molecule has 0 aliphatic heterocycles. The predicted octanol–water partition coefficient (Wildman–Crippen LogP) is 2.33. The fourth-order valence-electron chi connectivity index (χ4n) is 2.64. The SMILES string of the molecule is Cc1cccn2c(=O)cc(COC(=O)c3ccc(NC4CC4)nc3)nc12. The number of carbonyl (C=O) groups is 1. The summed E-state index contributed by atoms with van der Waals surface area (Å²) in [6, 6.07) is 8.98. The molecule has 3 aromatic rings. The van der Waals surface area contributed by atoms with E-state index in [0.29, 0.717) is 22.9 Å². The molecule has 1 N–H and O–H groups in total. The van der Waals surface area contributed by atoms with Gasteiger partial charge in [-0.3, -0.25) is 9.20 Å². The molecular formula is C19H18N4O3. The number of anilines is 1. The Bertz CT molecular complexity index is 1020. The molecule has 1 aliphatic carbocycles. The van der Waals surface area contributed by atoms with Crippen molar-refractivity contribution in [3.63, 3.8) is 0 Å². The summed E-state index contributed by atoms with van der Waals surface area (Å²) < 4.78 is 6.75. The van der Waals surface area contributed by atoms with Crippen LogP contribution in [0.2, 0.25) is 0 Å². The summed E-state index contributed by atoms with van der Waals surface area (Å²) >= 11 is 0. The largest absolute Gasteiger partial charge is 0.456 e. The highest BCUT2D eigenvalue weighted by atomic mass is 16.5. The molecule has 7 heteroatoms. The van der Waals surface area contributed by atoms with Crippen LogP contribution in [0.1, 0.15) is 34.5 Å². The maximum absolute atomic E-state index is 12.2. The number of aromatic nitrogens is 3. The lowest BCUT2D eigenvalue weighted by Gasteiger charge is -2.08. The Morgan fingerprint density at radius 3 is 2.92 bits per heavy atom. The van der Waals surface area contributed by atoms with E-state index >= 15 is 0 Å². The summed E-state index contributed by atoms with van der Waals surface area (Å²) in [5.41, 5.74) is 2.00. The van der Waals surface area contributed by atoms with E-state index in [9.17, 15) is 9.59 Å². The summed E-state index contributed by atoms with van der Waals surface area (Å²) in [5.74, 6) is 0.256. The van der Waals surface area contributed by atoms with Crippen molar-refractivity contribution in [2.24, 2.45) is 0 Å². The number of carbonyl (C=O) groups excluding carboxylic acids is 1. The van der Waals surface area contributed by atoms with Gasteiger partial charge in [-0.05, 0) is 43.5 Å². The van der Waals surface area contributed by atoms with Gasteiger partial charge >= 0.3 is 5.97 Å². The molecule has 26 heavy (non-hydrogen) atoms. The van der Waals surface area contributed by atoms with Gasteiger partial charge in [-0.1, -0.05) is 6.07 Å². The highest BCUT2D eigenvalue weighted by Crippen LogP contribution is 2.23. The highest BCUT2D eigenvalue weighted by Gasteiger charge is 2.21. The third-order valence-electron chi connectivity index (χ3n) is 4.22. The number of hydrogen-bond acceptors (Lipinski definition) is 6. The summed E-state index contributed by atoms with van der Waals surface area (Å²) in [6.45, 7) is 1.81. The minimum absolute atomic E-state index is 0.0685. The molecule has 0 aromatic carbocycles. The van der Waals surface area contributed by atoms with Crippen LogP contribution in [-0.2, 0) is 11.3 Å². The van der Waals surface area contributed by atoms with Gasteiger partial charge in [0.2, 0.25) is 0 Å². The monoisotopic (exact) mass is 350 g/mol. The third-order valence-corrected chi connectivity index (χ3v) is 4.22. The summed E-state index contributed by atoms with van der Waals surface area (Å²) in [5, 5.41) is 3.26. The molecular weight excluding hydrogens is 332 g/mol. The molecule has 0 bridgehead atoms. The van der Waals surface area contributed by atoms with Crippen LogP contribution in [0.3, 0.4) is 0 Å². The van der Waals surface area contributed by atoms with Gasteiger partial charge in [-0.25, -0.2) is 14.8 Å². The smallest absolute Gasteiger partial charge is 0.340 e. The molecule has 1 saturated carbocycles. The van der Waals surface area contributed by atoms with Crippen LogP contribution in [0.25, 0.3) is 5.65 Å². The average Bonchev–Trinajstić information content (AvgIpc) is 3.45. The first-order chi connectivity index (χ1) is 12.6. The van der Waals surface area contributed by atoms with E-state index in [1.807, 2.05) is 13.0 Å². The van der Waals surface area contributed by atoms with Crippen molar-refractivity contribution in [2.45, 2.75) is 32.4 Å². The molecule has 0 unspecified atom stereocenters. The Hall–Kier alpha value is -3.22. The van der Waals surface area contributed by atoms with Crippen LogP contribution in [-0.4, -0.2) is 26.4 Å². The van der Waals surface area contributed by atoms with E-state index in [2.05, 4.69) is 15.3 Å². The number of rotatable bonds is 5. The lowest BCUT2D eigenvalue weighted by molar-refractivity contribution is 0.0467. The highest BCUT2D eigenvalue weighted by molar-refractivity contribution is 5.89. The molecule has 0 atom stereocenters. The maximum Gasteiger partial charge on any atom is 0.340 e. The van der Waals surface area contributed by atoms with Crippen molar-refractivity contribution in [2.75, 3.05) is 5.32 Å². The van der Waals surface area contributed by atoms with Gasteiger partial charge in [0.05, 0.1) is 11.3 Å². The number of nitrogens with zero attached hydrogens (tertiary/aromatic N) is 3. The molecule has 0 amide bonds. The predicted molar refractivity (Wildman–Crippen MR) is 96.2 cm³/mol. The van der Waals surface area contributed by atoms with Gasteiger partial charge in [0.25, 0.3) is 5.56 Å². The number of esters is 1. The van der Waals surface area contributed by atoms with Crippen LogP contribution >= 0.6 is 0 Å². The van der Waals surface area contributed by atoms with Crippen molar-refractivity contribution >= 4 is 17.4 Å². The molecule has 0 spiro atoms. The van der Waals surface area contributed by atoms with Crippen molar-refractivity contribution in [3.05, 3.63) is 69.9 Å². The summed E-state index contributed by atoms with van der Waals surface area (Å²) in [7, 11) is 0. The minimum atomic E-state index is -0.498. The molecule has 3 aromatic heterocycles. The zero-order chi connectivity index (χ0) is 18.1. The zero-order valence-corrected chi connectivity index (χ0v) is 14.3. The Kier molecular flexibility index (Phi) is 4.12. The molecule has 4 rings (SSSR count). The fraction of sp³-hybridized carbons (Fsp3) is 0.263. The van der Waals surface area contributed by atoms with Crippen LogP contribution in [0, 0.1) is 6.92 Å².